The zero-order valence-corrected chi connectivity index (χ0v) is 8.11. The van der Waals surface area contributed by atoms with E-state index in [1.165, 1.54) is 0 Å². The van der Waals surface area contributed by atoms with Gasteiger partial charge in [0, 0.05) is 25.7 Å². The minimum Gasteiger partial charge on any atom is -0.387 e. The van der Waals surface area contributed by atoms with E-state index in [1.54, 1.807) is 0 Å². The van der Waals surface area contributed by atoms with Gasteiger partial charge in [0.15, 0.2) is 0 Å². The Morgan fingerprint density at radius 3 is 2.64 bits per heavy atom. The summed E-state index contributed by atoms with van der Waals surface area (Å²) in [6.07, 6.45) is -0.413. The molecule has 1 aliphatic rings. The summed E-state index contributed by atoms with van der Waals surface area (Å²) in [4.78, 5) is 0. The van der Waals surface area contributed by atoms with Crippen molar-refractivity contribution in [2.45, 2.75) is 12.1 Å². The highest BCUT2D eigenvalue weighted by Gasteiger charge is 2.21. The fourth-order valence-electron chi connectivity index (χ4n) is 1.78. The monoisotopic (exact) mass is 192 g/mol. The molecule has 1 aromatic rings. The SMILES string of the molecule is OC(c1ccccc1)[C@@H]1CNCCN1. The van der Waals surface area contributed by atoms with Gasteiger partial charge in [-0.15, -0.1) is 0 Å². The normalized spacial score (nSPS) is 24.5. The van der Waals surface area contributed by atoms with Crippen LogP contribution in [-0.2, 0) is 0 Å². The van der Waals surface area contributed by atoms with Crippen molar-refractivity contribution in [3.63, 3.8) is 0 Å². The predicted molar refractivity (Wildman–Crippen MR) is 56.1 cm³/mol. The highest BCUT2D eigenvalue weighted by molar-refractivity contribution is 5.19. The molecule has 1 aromatic carbocycles. The Hall–Kier alpha value is -0.900. The quantitative estimate of drug-likeness (QED) is 0.630. The summed E-state index contributed by atoms with van der Waals surface area (Å²) in [5, 5.41) is 16.6. The van der Waals surface area contributed by atoms with Crippen LogP contribution in [0.1, 0.15) is 11.7 Å². The number of hydrogen-bond acceptors (Lipinski definition) is 3. The van der Waals surface area contributed by atoms with Gasteiger partial charge in [-0.05, 0) is 5.56 Å². The van der Waals surface area contributed by atoms with Crippen molar-refractivity contribution in [1.82, 2.24) is 10.6 Å². The summed E-state index contributed by atoms with van der Waals surface area (Å²) in [7, 11) is 0. The number of benzene rings is 1. The molecule has 0 aliphatic carbocycles. The maximum absolute atomic E-state index is 10.0. The number of hydrogen-bond donors (Lipinski definition) is 3. The number of aliphatic hydroxyl groups excluding tert-OH is 1. The fraction of sp³-hybridized carbons (Fsp3) is 0.455. The minimum absolute atomic E-state index is 0.131. The summed E-state index contributed by atoms with van der Waals surface area (Å²) < 4.78 is 0. The van der Waals surface area contributed by atoms with Crippen LogP contribution >= 0.6 is 0 Å². The minimum atomic E-state index is -0.413. The third-order valence-corrected chi connectivity index (χ3v) is 2.59. The topological polar surface area (TPSA) is 44.3 Å². The van der Waals surface area contributed by atoms with Gasteiger partial charge in [-0.25, -0.2) is 0 Å². The molecule has 2 atom stereocenters. The summed E-state index contributed by atoms with van der Waals surface area (Å²) >= 11 is 0. The molecule has 0 spiro atoms. The zero-order chi connectivity index (χ0) is 9.80. The first kappa shape index (κ1) is 9.65. The van der Waals surface area contributed by atoms with Crippen molar-refractivity contribution in [1.29, 1.82) is 0 Å². The third-order valence-electron chi connectivity index (χ3n) is 2.59. The van der Waals surface area contributed by atoms with E-state index >= 15 is 0 Å². The molecule has 0 bridgehead atoms. The molecule has 1 saturated heterocycles. The standard InChI is InChI=1S/C11H16N2O/c14-11(9-4-2-1-3-5-9)10-8-12-6-7-13-10/h1-5,10-14H,6-8H2/t10-,11?/m0/s1. The highest BCUT2D eigenvalue weighted by Crippen LogP contribution is 2.16. The van der Waals surface area contributed by atoms with E-state index in [2.05, 4.69) is 10.6 Å². The summed E-state index contributed by atoms with van der Waals surface area (Å²) in [6.45, 7) is 2.74. The van der Waals surface area contributed by atoms with Crippen LogP contribution in [0, 0.1) is 0 Å². The van der Waals surface area contributed by atoms with Crippen molar-refractivity contribution in [3.8, 4) is 0 Å². The lowest BCUT2D eigenvalue weighted by Crippen LogP contribution is -2.51. The lowest BCUT2D eigenvalue weighted by Gasteiger charge is -2.28. The molecule has 3 N–H and O–H groups in total. The second-order valence-corrected chi connectivity index (χ2v) is 3.62. The average molecular weight is 192 g/mol. The number of rotatable bonds is 2. The van der Waals surface area contributed by atoms with Crippen LogP contribution in [-0.4, -0.2) is 30.8 Å². The largest absolute Gasteiger partial charge is 0.387 e. The summed E-state index contributed by atoms with van der Waals surface area (Å²) in [5.74, 6) is 0. The first-order chi connectivity index (χ1) is 6.88. The molecule has 0 aromatic heterocycles. The maximum atomic E-state index is 10.0. The fourth-order valence-corrected chi connectivity index (χ4v) is 1.78. The molecule has 2 rings (SSSR count). The molecular weight excluding hydrogens is 176 g/mol. The lowest BCUT2D eigenvalue weighted by atomic mass is 10.0. The molecule has 76 valence electrons. The number of piperazine rings is 1. The van der Waals surface area contributed by atoms with Gasteiger partial charge in [0.1, 0.15) is 0 Å². The Bertz CT molecular complexity index is 270. The van der Waals surface area contributed by atoms with Gasteiger partial charge < -0.3 is 15.7 Å². The van der Waals surface area contributed by atoms with Gasteiger partial charge in [-0.1, -0.05) is 30.3 Å². The molecule has 0 radical (unpaired) electrons. The van der Waals surface area contributed by atoms with Gasteiger partial charge in [0.05, 0.1) is 6.10 Å². The van der Waals surface area contributed by atoms with E-state index in [1.807, 2.05) is 30.3 Å². The Labute approximate surface area is 84.1 Å². The van der Waals surface area contributed by atoms with Gasteiger partial charge in [0.2, 0.25) is 0 Å². The van der Waals surface area contributed by atoms with E-state index in [0.29, 0.717) is 0 Å². The average Bonchev–Trinajstić information content (AvgIpc) is 2.30. The number of nitrogens with one attached hydrogen (secondary N) is 2. The molecule has 3 heteroatoms. The summed E-state index contributed by atoms with van der Waals surface area (Å²) in [6, 6.07) is 9.92. The highest BCUT2D eigenvalue weighted by atomic mass is 16.3. The molecule has 0 amide bonds. The lowest BCUT2D eigenvalue weighted by molar-refractivity contribution is 0.120. The van der Waals surface area contributed by atoms with Crippen molar-refractivity contribution in [3.05, 3.63) is 35.9 Å². The van der Waals surface area contributed by atoms with Gasteiger partial charge in [-0.2, -0.15) is 0 Å². The van der Waals surface area contributed by atoms with Crippen molar-refractivity contribution < 1.29 is 5.11 Å². The molecular formula is C11H16N2O. The molecule has 3 nitrogen and oxygen atoms in total. The second-order valence-electron chi connectivity index (χ2n) is 3.62. The van der Waals surface area contributed by atoms with Crippen LogP contribution in [0.25, 0.3) is 0 Å². The van der Waals surface area contributed by atoms with Crippen LogP contribution in [0.5, 0.6) is 0 Å². The van der Waals surface area contributed by atoms with Crippen molar-refractivity contribution in [2.75, 3.05) is 19.6 Å². The van der Waals surface area contributed by atoms with Gasteiger partial charge in [0.25, 0.3) is 0 Å². The first-order valence-electron chi connectivity index (χ1n) is 5.05. The molecule has 1 heterocycles. The zero-order valence-electron chi connectivity index (χ0n) is 8.11. The predicted octanol–water partition coefficient (Wildman–Crippen LogP) is 0.281. The van der Waals surface area contributed by atoms with Crippen LogP contribution in [0.4, 0.5) is 0 Å². The van der Waals surface area contributed by atoms with Gasteiger partial charge >= 0.3 is 0 Å². The van der Waals surface area contributed by atoms with E-state index < -0.39 is 6.10 Å². The Morgan fingerprint density at radius 1 is 1.21 bits per heavy atom. The van der Waals surface area contributed by atoms with Crippen LogP contribution < -0.4 is 10.6 Å². The van der Waals surface area contributed by atoms with Crippen LogP contribution in [0.15, 0.2) is 30.3 Å². The molecule has 1 fully saturated rings. The van der Waals surface area contributed by atoms with Crippen LogP contribution in [0.2, 0.25) is 0 Å². The molecule has 14 heavy (non-hydrogen) atoms. The van der Waals surface area contributed by atoms with Crippen molar-refractivity contribution >= 4 is 0 Å². The third kappa shape index (κ3) is 2.12. The summed E-state index contributed by atoms with van der Waals surface area (Å²) in [5.41, 5.74) is 0.980. The maximum Gasteiger partial charge on any atom is 0.0955 e. The Kier molecular flexibility index (Phi) is 3.14. The molecule has 0 saturated carbocycles. The van der Waals surface area contributed by atoms with E-state index in [9.17, 15) is 5.11 Å². The van der Waals surface area contributed by atoms with Crippen molar-refractivity contribution in [2.24, 2.45) is 0 Å². The Balaban J connectivity index is 2.03. The smallest absolute Gasteiger partial charge is 0.0955 e. The van der Waals surface area contributed by atoms with E-state index in [0.717, 1.165) is 25.2 Å². The molecule has 1 unspecified atom stereocenters. The van der Waals surface area contributed by atoms with Gasteiger partial charge in [-0.3, -0.25) is 0 Å². The molecule has 1 aliphatic heterocycles. The second kappa shape index (κ2) is 4.55. The number of aliphatic hydroxyl groups is 1. The first-order valence-corrected chi connectivity index (χ1v) is 5.05. The van der Waals surface area contributed by atoms with E-state index in [-0.39, 0.29) is 6.04 Å². The van der Waals surface area contributed by atoms with E-state index in [4.69, 9.17) is 0 Å². The van der Waals surface area contributed by atoms with Crippen LogP contribution in [0.3, 0.4) is 0 Å². The Morgan fingerprint density at radius 2 is 2.00 bits per heavy atom.